The van der Waals surface area contributed by atoms with E-state index in [0.29, 0.717) is 27.1 Å². The molecule has 0 N–H and O–H groups in total. The van der Waals surface area contributed by atoms with Crippen molar-refractivity contribution in [3.63, 3.8) is 0 Å². The first-order valence-corrected chi connectivity index (χ1v) is 15.1. The number of hydrogen-bond acceptors (Lipinski definition) is 7. The van der Waals surface area contributed by atoms with Crippen molar-refractivity contribution in [3.8, 4) is 5.69 Å². The van der Waals surface area contributed by atoms with E-state index in [1.54, 1.807) is 43.0 Å². The molecule has 0 aliphatic carbocycles. The van der Waals surface area contributed by atoms with E-state index in [9.17, 15) is 14.4 Å². The molecule has 6 rings (SSSR count). The third-order valence-electron chi connectivity index (χ3n) is 6.82. The van der Waals surface area contributed by atoms with E-state index in [2.05, 4.69) is 0 Å². The average Bonchev–Trinajstić information content (AvgIpc) is 3.37. The second kappa shape index (κ2) is 11.1. The number of thiocarbonyl (C=S) groups is 1. The molecule has 2 aromatic carbocycles. The highest BCUT2D eigenvalue weighted by atomic mass is 35.5. The zero-order chi connectivity index (χ0) is 29.7. The van der Waals surface area contributed by atoms with Crippen LogP contribution >= 0.6 is 47.3 Å². The number of halogens is 1. The zero-order valence-electron chi connectivity index (χ0n) is 22.6. The molecule has 1 saturated heterocycles. The number of rotatable bonds is 5. The molecule has 0 radical (unpaired) electrons. The van der Waals surface area contributed by atoms with Gasteiger partial charge in [-0.3, -0.25) is 28.4 Å². The van der Waals surface area contributed by atoms with Crippen LogP contribution in [0.1, 0.15) is 16.8 Å². The van der Waals surface area contributed by atoms with E-state index in [-0.39, 0.29) is 31.6 Å². The summed E-state index contributed by atoms with van der Waals surface area (Å²) in [4.78, 5) is 48.4. The summed E-state index contributed by atoms with van der Waals surface area (Å²) in [6.07, 6.45) is 3.24. The largest absolute Gasteiger partial charge is 0.296 e. The standard InChI is InChI=1S/C30H22ClN5O3S3/c1-17-9-14-24-32-26(41-21-12-10-19(31)11-13-21)22(27(37)34(24)16-17)15-23-28(38)35(30(40)42-23)25-18(2)33(3)36(29(25)39)20-7-5-4-6-8-20/h4-16H,1-3H3/b23-15+. The summed E-state index contributed by atoms with van der Waals surface area (Å²) in [5, 5.41) is 1.02. The van der Waals surface area contributed by atoms with Gasteiger partial charge >= 0.3 is 0 Å². The van der Waals surface area contributed by atoms with Gasteiger partial charge in [0.1, 0.15) is 16.4 Å². The lowest BCUT2D eigenvalue weighted by Gasteiger charge is -2.12. The maximum absolute atomic E-state index is 13.9. The molecule has 0 atom stereocenters. The molecule has 5 aromatic rings. The first-order chi connectivity index (χ1) is 20.1. The van der Waals surface area contributed by atoms with Gasteiger partial charge in [0.05, 0.1) is 21.8 Å². The maximum Gasteiger partial charge on any atom is 0.296 e. The lowest BCUT2D eigenvalue weighted by atomic mass is 10.2. The summed E-state index contributed by atoms with van der Waals surface area (Å²) >= 11 is 14.0. The zero-order valence-corrected chi connectivity index (χ0v) is 25.8. The summed E-state index contributed by atoms with van der Waals surface area (Å²) in [6.45, 7) is 3.65. The number of thioether (sulfide) groups is 1. The molecule has 0 saturated carbocycles. The molecule has 4 heterocycles. The number of carbonyl (C=O) groups excluding carboxylic acids is 1. The van der Waals surface area contributed by atoms with E-state index in [0.717, 1.165) is 22.2 Å². The van der Waals surface area contributed by atoms with Crippen LogP contribution in [0.2, 0.25) is 5.02 Å². The van der Waals surface area contributed by atoms with Crippen molar-refractivity contribution in [2.75, 3.05) is 4.90 Å². The van der Waals surface area contributed by atoms with Gasteiger partial charge in [-0.2, -0.15) is 0 Å². The Morgan fingerprint density at radius 1 is 0.952 bits per heavy atom. The lowest BCUT2D eigenvalue weighted by molar-refractivity contribution is -0.113. The number of benzene rings is 2. The fourth-order valence-electron chi connectivity index (χ4n) is 4.66. The SMILES string of the molecule is Cc1ccc2nc(Sc3ccc(Cl)cc3)c(/C=C3/SC(=S)N(c4c(C)n(C)n(-c5ccccc5)c4=O)C3=O)c(=O)n2c1. The van der Waals surface area contributed by atoms with E-state index >= 15 is 0 Å². The Bertz CT molecular complexity index is 2060. The molecule has 0 unspecified atom stereocenters. The molecule has 0 bridgehead atoms. The quantitative estimate of drug-likeness (QED) is 0.133. The number of nitrogens with zero attached hydrogens (tertiary/aromatic N) is 5. The van der Waals surface area contributed by atoms with Crippen molar-refractivity contribution >= 4 is 75.0 Å². The Morgan fingerprint density at radius 3 is 2.38 bits per heavy atom. The van der Waals surface area contributed by atoms with E-state index in [1.807, 2.05) is 55.5 Å². The Balaban J connectivity index is 1.47. The lowest BCUT2D eigenvalue weighted by Crippen LogP contribution is -2.33. The van der Waals surface area contributed by atoms with Crippen LogP contribution in [0, 0.1) is 13.8 Å². The number of para-hydroxylation sites is 1. The van der Waals surface area contributed by atoms with Gasteiger partial charge < -0.3 is 0 Å². The molecule has 1 aliphatic rings. The van der Waals surface area contributed by atoms with Crippen LogP contribution in [0.5, 0.6) is 0 Å². The molecule has 3 aromatic heterocycles. The van der Waals surface area contributed by atoms with Crippen LogP contribution in [-0.4, -0.2) is 29.0 Å². The molecule has 0 spiro atoms. The molecular weight excluding hydrogens is 610 g/mol. The third kappa shape index (κ3) is 4.92. The molecule has 210 valence electrons. The summed E-state index contributed by atoms with van der Waals surface area (Å²) in [5.41, 5.74) is 2.31. The molecule has 1 amide bonds. The second-order valence-electron chi connectivity index (χ2n) is 9.55. The average molecular weight is 632 g/mol. The van der Waals surface area contributed by atoms with Crippen molar-refractivity contribution in [3.05, 3.63) is 120 Å². The number of hydrogen-bond donors (Lipinski definition) is 0. The van der Waals surface area contributed by atoms with Crippen molar-refractivity contribution in [1.82, 2.24) is 18.7 Å². The third-order valence-corrected chi connectivity index (χ3v) is 9.38. The van der Waals surface area contributed by atoms with Crippen LogP contribution in [0.25, 0.3) is 17.4 Å². The Morgan fingerprint density at radius 2 is 1.67 bits per heavy atom. The molecule has 1 fully saturated rings. The first-order valence-electron chi connectivity index (χ1n) is 12.7. The van der Waals surface area contributed by atoms with Crippen molar-refractivity contribution in [1.29, 1.82) is 0 Å². The van der Waals surface area contributed by atoms with Crippen LogP contribution < -0.4 is 16.0 Å². The minimum atomic E-state index is -0.479. The number of aromatic nitrogens is 4. The van der Waals surface area contributed by atoms with Gasteiger partial charge in [-0.1, -0.05) is 71.6 Å². The van der Waals surface area contributed by atoms with Gasteiger partial charge in [0.2, 0.25) is 0 Å². The fourth-order valence-corrected chi connectivity index (χ4v) is 6.93. The van der Waals surface area contributed by atoms with Crippen molar-refractivity contribution in [2.45, 2.75) is 23.8 Å². The van der Waals surface area contributed by atoms with Crippen LogP contribution in [0.3, 0.4) is 0 Å². The predicted molar refractivity (Wildman–Crippen MR) is 173 cm³/mol. The Kier molecular flexibility index (Phi) is 7.44. The minimum Gasteiger partial charge on any atom is -0.283 e. The molecule has 42 heavy (non-hydrogen) atoms. The summed E-state index contributed by atoms with van der Waals surface area (Å²) in [5.74, 6) is -0.479. The smallest absolute Gasteiger partial charge is 0.283 e. The number of carbonyl (C=O) groups is 1. The van der Waals surface area contributed by atoms with E-state index in [1.165, 1.54) is 31.8 Å². The number of amides is 1. The van der Waals surface area contributed by atoms with Gasteiger partial charge in [-0.25, -0.2) is 9.67 Å². The number of aryl methyl sites for hydroxylation is 1. The Hall–Kier alpha value is -3.90. The Labute approximate surface area is 259 Å². The normalized spacial score (nSPS) is 14.5. The molecular formula is C30H22ClN5O3S3. The van der Waals surface area contributed by atoms with Crippen LogP contribution in [-0.2, 0) is 11.8 Å². The van der Waals surface area contributed by atoms with Gasteiger partial charge in [0.15, 0.2) is 4.32 Å². The van der Waals surface area contributed by atoms with Gasteiger partial charge in [0, 0.05) is 23.2 Å². The van der Waals surface area contributed by atoms with Gasteiger partial charge in [-0.05, 0) is 68.0 Å². The van der Waals surface area contributed by atoms with Crippen LogP contribution in [0.4, 0.5) is 5.69 Å². The van der Waals surface area contributed by atoms with Gasteiger partial charge in [0.25, 0.3) is 17.0 Å². The maximum atomic E-state index is 13.9. The fraction of sp³-hybridized carbons (Fsp3) is 0.100. The van der Waals surface area contributed by atoms with E-state index < -0.39 is 5.91 Å². The topological polar surface area (TPSA) is 81.6 Å². The minimum absolute atomic E-state index is 0.173. The second-order valence-corrected chi connectivity index (χ2v) is 12.7. The highest BCUT2D eigenvalue weighted by molar-refractivity contribution is 8.27. The molecule has 8 nitrogen and oxygen atoms in total. The number of pyridine rings is 1. The van der Waals surface area contributed by atoms with Crippen LogP contribution in [0.15, 0.2) is 97.3 Å². The van der Waals surface area contributed by atoms with Crippen molar-refractivity contribution in [2.24, 2.45) is 7.05 Å². The number of fused-ring (bicyclic) bond motifs is 1. The summed E-state index contributed by atoms with van der Waals surface area (Å²) in [6, 6.07) is 20.0. The summed E-state index contributed by atoms with van der Waals surface area (Å²) < 4.78 is 4.86. The first kappa shape index (κ1) is 28.2. The monoisotopic (exact) mass is 631 g/mol. The van der Waals surface area contributed by atoms with E-state index in [4.69, 9.17) is 28.8 Å². The van der Waals surface area contributed by atoms with Crippen molar-refractivity contribution < 1.29 is 4.79 Å². The highest BCUT2D eigenvalue weighted by Gasteiger charge is 2.38. The van der Waals surface area contributed by atoms with Gasteiger partial charge in [-0.15, -0.1) is 0 Å². The number of anilines is 1. The predicted octanol–water partition coefficient (Wildman–Crippen LogP) is 6.01. The molecule has 12 heteroatoms. The summed E-state index contributed by atoms with van der Waals surface area (Å²) in [7, 11) is 1.75. The molecule has 1 aliphatic heterocycles. The highest BCUT2D eigenvalue weighted by Crippen LogP contribution is 2.38.